The highest BCUT2D eigenvalue weighted by Crippen LogP contribution is 2.22. The van der Waals surface area contributed by atoms with Crippen molar-refractivity contribution in [2.24, 2.45) is 5.92 Å². The summed E-state index contributed by atoms with van der Waals surface area (Å²) in [5, 5.41) is 4.49. The van der Waals surface area contributed by atoms with Crippen molar-refractivity contribution < 1.29 is 19.1 Å². The molecule has 0 saturated heterocycles. The Balaban J connectivity index is 2.10. The average molecular weight is 365 g/mol. The number of aromatic nitrogens is 2. The van der Waals surface area contributed by atoms with Crippen LogP contribution in [-0.4, -0.2) is 35.2 Å². The number of methoxy groups -OCH3 is 1. The Bertz CT molecular complexity index is 783. The molecular weight excluding hydrogens is 344 g/mol. The molecule has 2 rings (SSSR count). The number of ether oxygens (including phenoxy) is 2. The number of halogens is 1. The van der Waals surface area contributed by atoms with Gasteiger partial charge in [-0.05, 0) is 25.0 Å². The average Bonchev–Trinajstić information content (AvgIpc) is 2.85. The summed E-state index contributed by atoms with van der Waals surface area (Å²) in [6.45, 7) is 5.92. The molecule has 0 fully saturated rings. The zero-order valence-electron chi connectivity index (χ0n) is 14.7. The summed E-state index contributed by atoms with van der Waals surface area (Å²) in [5.74, 6) is -0.259. The van der Waals surface area contributed by atoms with Crippen LogP contribution >= 0.6 is 11.6 Å². The van der Waals surface area contributed by atoms with Crippen LogP contribution in [0.1, 0.15) is 40.3 Å². The first-order chi connectivity index (χ1) is 11.8. The van der Waals surface area contributed by atoms with Crippen LogP contribution in [0, 0.1) is 12.8 Å². The molecule has 0 radical (unpaired) electrons. The van der Waals surface area contributed by atoms with Crippen molar-refractivity contribution in [2.75, 3.05) is 13.7 Å². The van der Waals surface area contributed by atoms with Gasteiger partial charge >= 0.3 is 5.97 Å². The van der Waals surface area contributed by atoms with E-state index in [1.807, 2.05) is 13.8 Å². The molecule has 0 amide bonds. The number of ketones is 1. The maximum atomic E-state index is 12.3. The Hall–Kier alpha value is -2.34. The van der Waals surface area contributed by atoms with Gasteiger partial charge in [-0.1, -0.05) is 37.6 Å². The number of hydrogen-bond acceptors (Lipinski definition) is 5. The minimum atomic E-state index is -0.666. The predicted molar refractivity (Wildman–Crippen MR) is 94.4 cm³/mol. The van der Waals surface area contributed by atoms with E-state index in [1.54, 1.807) is 35.9 Å². The molecule has 7 heteroatoms. The Morgan fingerprint density at radius 1 is 1.28 bits per heavy atom. The quantitative estimate of drug-likeness (QED) is 0.555. The second-order valence-corrected chi connectivity index (χ2v) is 6.38. The summed E-state index contributed by atoms with van der Waals surface area (Å²) in [4.78, 5) is 24.6. The predicted octanol–water partition coefficient (Wildman–Crippen LogP) is 3.55. The van der Waals surface area contributed by atoms with E-state index >= 15 is 0 Å². The smallest absolute Gasteiger partial charge is 0.343 e. The normalized spacial score (nSPS) is 10.8. The number of carbonyl (C=O) groups is 2. The van der Waals surface area contributed by atoms with Crippen molar-refractivity contribution in [3.63, 3.8) is 0 Å². The molecule has 1 heterocycles. The van der Waals surface area contributed by atoms with Crippen molar-refractivity contribution >= 4 is 23.4 Å². The highest BCUT2D eigenvalue weighted by molar-refractivity contribution is 6.32. The van der Waals surface area contributed by atoms with Gasteiger partial charge in [-0.3, -0.25) is 9.48 Å². The minimum Gasteiger partial charge on any atom is -0.496 e. The third-order valence-electron chi connectivity index (χ3n) is 3.55. The molecule has 0 bridgehead atoms. The van der Waals surface area contributed by atoms with Gasteiger partial charge in [0.05, 0.1) is 18.4 Å². The van der Waals surface area contributed by atoms with E-state index in [4.69, 9.17) is 21.1 Å². The van der Waals surface area contributed by atoms with E-state index in [0.29, 0.717) is 29.5 Å². The topological polar surface area (TPSA) is 70.4 Å². The number of rotatable bonds is 7. The summed E-state index contributed by atoms with van der Waals surface area (Å²) < 4.78 is 11.9. The molecular formula is C18H21ClN2O4. The molecule has 0 aliphatic heterocycles. The molecule has 0 aliphatic rings. The van der Waals surface area contributed by atoms with Crippen LogP contribution in [0.25, 0.3) is 0 Å². The van der Waals surface area contributed by atoms with Gasteiger partial charge < -0.3 is 9.47 Å². The summed E-state index contributed by atoms with van der Waals surface area (Å²) >= 11 is 6.24. The third-order valence-corrected chi connectivity index (χ3v) is 3.93. The van der Waals surface area contributed by atoms with Gasteiger partial charge in [0.25, 0.3) is 0 Å². The van der Waals surface area contributed by atoms with Gasteiger partial charge in [-0.25, -0.2) is 4.79 Å². The molecule has 6 nitrogen and oxygen atoms in total. The molecule has 2 aromatic rings. The van der Waals surface area contributed by atoms with Crippen molar-refractivity contribution in [2.45, 2.75) is 27.3 Å². The van der Waals surface area contributed by atoms with Gasteiger partial charge in [-0.15, -0.1) is 0 Å². The summed E-state index contributed by atoms with van der Waals surface area (Å²) in [6, 6.07) is 6.77. The van der Waals surface area contributed by atoms with Crippen LogP contribution < -0.4 is 4.74 Å². The second-order valence-electron chi connectivity index (χ2n) is 6.03. The zero-order valence-corrected chi connectivity index (χ0v) is 15.5. The van der Waals surface area contributed by atoms with Crippen molar-refractivity contribution in [3.8, 4) is 5.75 Å². The first-order valence-electron chi connectivity index (χ1n) is 7.91. The van der Waals surface area contributed by atoms with Gasteiger partial charge in [-0.2, -0.15) is 5.10 Å². The van der Waals surface area contributed by atoms with E-state index in [-0.39, 0.29) is 16.5 Å². The maximum absolute atomic E-state index is 12.3. The number of nitrogens with zero attached hydrogens (tertiary/aromatic N) is 2. The molecule has 0 unspecified atom stereocenters. The van der Waals surface area contributed by atoms with Crippen LogP contribution in [0.2, 0.25) is 5.15 Å². The van der Waals surface area contributed by atoms with Crippen molar-refractivity contribution in [1.29, 1.82) is 0 Å². The second kappa shape index (κ2) is 8.16. The number of Topliss-reactive ketones (excluding diaryl/α,β-unsaturated/α-hetero) is 1. The SMILES string of the molecule is COc1ccccc1C(=O)COC(=O)c1c(C)nn(CC(C)C)c1Cl. The Morgan fingerprint density at radius 2 is 1.96 bits per heavy atom. The van der Waals surface area contributed by atoms with E-state index in [0.717, 1.165) is 0 Å². The first kappa shape index (κ1) is 19.0. The number of aryl methyl sites for hydroxylation is 1. The number of benzene rings is 1. The first-order valence-corrected chi connectivity index (χ1v) is 8.29. The van der Waals surface area contributed by atoms with Crippen LogP contribution in [0.15, 0.2) is 24.3 Å². The van der Waals surface area contributed by atoms with Crippen molar-refractivity contribution in [3.05, 3.63) is 46.2 Å². The molecule has 134 valence electrons. The minimum absolute atomic E-state index is 0.190. The van der Waals surface area contributed by atoms with Crippen LogP contribution in [0.4, 0.5) is 0 Å². The largest absolute Gasteiger partial charge is 0.496 e. The monoisotopic (exact) mass is 364 g/mol. The van der Waals surface area contributed by atoms with E-state index in [1.165, 1.54) is 7.11 Å². The van der Waals surface area contributed by atoms with Crippen LogP contribution in [-0.2, 0) is 11.3 Å². The van der Waals surface area contributed by atoms with E-state index < -0.39 is 12.6 Å². The number of esters is 1. The maximum Gasteiger partial charge on any atom is 0.343 e. The van der Waals surface area contributed by atoms with E-state index in [2.05, 4.69) is 5.10 Å². The zero-order chi connectivity index (χ0) is 18.6. The molecule has 1 aromatic heterocycles. The van der Waals surface area contributed by atoms with Gasteiger partial charge in [0.2, 0.25) is 5.78 Å². The third kappa shape index (κ3) is 4.39. The Morgan fingerprint density at radius 3 is 2.60 bits per heavy atom. The van der Waals surface area contributed by atoms with Crippen LogP contribution in [0.3, 0.4) is 0 Å². The molecule has 0 saturated carbocycles. The fraction of sp³-hybridized carbons (Fsp3) is 0.389. The highest BCUT2D eigenvalue weighted by Gasteiger charge is 2.23. The number of para-hydroxylation sites is 1. The van der Waals surface area contributed by atoms with E-state index in [9.17, 15) is 9.59 Å². The lowest BCUT2D eigenvalue weighted by molar-refractivity contribution is 0.0473. The fourth-order valence-electron chi connectivity index (χ4n) is 2.41. The van der Waals surface area contributed by atoms with Crippen LogP contribution in [0.5, 0.6) is 5.75 Å². The number of carbonyl (C=O) groups excluding carboxylic acids is 2. The molecule has 0 spiro atoms. The molecule has 0 aliphatic carbocycles. The van der Waals surface area contributed by atoms with Gasteiger partial charge in [0.15, 0.2) is 6.61 Å². The summed E-state index contributed by atoms with van der Waals surface area (Å²) in [5.41, 5.74) is 1.02. The molecule has 1 aromatic carbocycles. The fourth-order valence-corrected chi connectivity index (χ4v) is 2.73. The molecule has 25 heavy (non-hydrogen) atoms. The summed E-state index contributed by atoms with van der Waals surface area (Å²) in [6.07, 6.45) is 0. The Labute approximate surface area is 151 Å². The molecule has 0 atom stereocenters. The lowest BCUT2D eigenvalue weighted by Gasteiger charge is -2.08. The Kier molecular flexibility index (Phi) is 6.20. The van der Waals surface area contributed by atoms with Crippen molar-refractivity contribution in [1.82, 2.24) is 9.78 Å². The lowest BCUT2D eigenvalue weighted by Crippen LogP contribution is -2.15. The van der Waals surface area contributed by atoms with Gasteiger partial charge in [0.1, 0.15) is 16.5 Å². The molecule has 0 N–H and O–H groups in total. The highest BCUT2D eigenvalue weighted by atomic mass is 35.5. The number of hydrogen-bond donors (Lipinski definition) is 0. The lowest BCUT2D eigenvalue weighted by atomic mass is 10.1. The van der Waals surface area contributed by atoms with Gasteiger partial charge in [0, 0.05) is 6.54 Å². The standard InChI is InChI=1S/C18H21ClN2O4/c1-11(2)9-21-17(19)16(12(3)20-21)18(23)25-10-14(22)13-7-5-6-8-15(13)24-4/h5-8,11H,9-10H2,1-4H3. The summed E-state index contributed by atoms with van der Waals surface area (Å²) in [7, 11) is 1.48.